The lowest BCUT2D eigenvalue weighted by Gasteiger charge is -2.50. The summed E-state index contributed by atoms with van der Waals surface area (Å²) in [7, 11) is 0. The first-order chi connectivity index (χ1) is 10.1. The molecule has 0 bridgehead atoms. The molecule has 1 aromatic carbocycles. The van der Waals surface area contributed by atoms with Crippen molar-refractivity contribution in [2.45, 2.75) is 76.7 Å². The van der Waals surface area contributed by atoms with Gasteiger partial charge in [0, 0.05) is 18.2 Å². The van der Waals surface area contributed by atoms with Crippen LogP contribution in [0.15, 0.2) is 24.3 Å². The predicted octanol–water partition coefficient (Wildman–Crippen LogP) is 5.03. The van der Waals surface area contributed by atoms with Crippen LogP contribution in [0.4, 0.5) is 5.69 Å². The first-order valence-electron chi connectivity index (χ1n) is 8.54. The molecule has 21 heavy (non-hydrogen) atoms. The average molecular weight is 285 g/mol. The van der Waals surface area contributed by atoms with Gasteiger partial charge in [-0.1, -0.05) is 57.2 Å². The second kappa shape index (κ2) is 5.82. The number of hydrogen-bond acceptors (Lipinski definition) is 1. The minimum absolute atomic E-state index is 0.0695. The van der Waals surface area contributed by atoms with Crippen LogP contribution in [0.2, 0.25) is 0 Å². The molecule has 1 saturated carbocycles. The van der Waals surface area contributed by atoms with Gasteiger partial charge >= 0.3 is 0 Å². The monoisotopic (exact) mass is 285 g/mol. The van der Waals surface area contributed by atoms with Gasteiger partial charge in [-0.15, -0.1) is 0 Å². The molecule has 0 saturated heterocycles. The van der Waals surface area contributed by atoms with E-state index in [0.717, 1.165) is 6.42 Å². The normalized spacial score (nSPS) is 25.0. The van der Waals surface area contributed by atoms with E-state index in [0.29, 0.717) is 5.92 Å². The topological polar surface area (TPSA) is 20.3 Å². The van der Waals surface area contributed by atoms with E-state index in [1.807, 2.05) is 0 Å². The summed E-state index contributed by atoms with van der Waals surface area (Å²) in [5.41, 5.74) is 2.59. The van der Waals surface area contributed by atoms with E-state index in [9.17, 15) is 4.79 Å². The van der Waals surface area contributed by atoms with Crippen LogP contribution < -0.4 is 4.90 Å². The van der Waals surface area contributed by atoms with Crippen molar-refractivity contribution in [1.29, 1.82) is 0 Å². The van der Waals surface area contributed by atoms with Gasteiger partial charge in [0.2, 0.25) is 5.91 Å². The van der Waals surface area contributed by atoms with Gasteiger partial charge in [0.25, 0.3) is 0 Å². The molecule has 2 aliphatic rings. The molecule has 2 heteroatoms. The number of rotatable bonds is 0. The quantitative estimate of drug-likeness (QED) is 0.654. The fourth-order valence-corrected chi connectivity index (χ4v) is 4.63. The number of carbonyl (C=O) groups is 1. The number of anilines is 1. The molecule has 0 aromatic heterocycles. The molecule has 1 aromatic rings. The van der Waals surface area contributed by atoms with Crippen molar-refractivity contribution >= 4 is 11.6 Å². The molecule has 1 aliphatic heterocycles. The maximum Gasteiger partial charge on any atom is 0.224 e. The first kappa shape index (κ1) is 14.6. The predicted molar refractivity (Wildman–Crippen MR) is 87.7 cm³/mol. The first-order valence-corrected chi connectivity index (χ1v) is 8.54. The second-order valence-corrected chi connectivity index (χ2v) is 7.01. The minimum Gasteiger partial charge on any atom is -0.306 e. The molecule has 2 nitrogen and oxygen atoms in total. The Morgan fingerprint density at radius 2 is 1.71 bits per heavy atom. The summed E-state index contributed by atoms with van der Waals surface area (Å²) in [6.07, 6.45) is 10.0. The highest BCUT2D eigenvalue weighted by atomic mass is 16.2. The maximum absolute atomic E-state index is 12.5. The van der Waals surface area contributed by atoms with Crippen molar-refractivity contribution in [1.82, 2.24) is 0 Å². The van der Waals surface area contributed by atoms with Gasteiger partial charge in [-0.3, -0.25) is 4.79 Å². The summed E-state index contributed by atoms with van der Waals surface area (Å²) in [4.78, 5) is 14.6. The number of para-hydroxylation sites is 1. The third-order valence-electron chi connectivity index (χ3n) is 5.47. The highest BCUT2D eigenvalue weighted by Crippen LogP contribution is 2.48. The molecule has 0 N–H and O–H groups in total. The molecule has 1 aliphatic carbocycles. The lowest BCUT2D eigenvalue weighted by Crippen LogP contribution is -2.55. The fraction of sp³-hybridized carbons (Fsp3) is 0.632. The SMILES string of the molecule is CC(=O)N1c2ccccc2C(C)CC12CCCCCCC2. The van der Waals surface area contributed by atoms with Gasteiger partial charge in [0.05, 0.1) is 0 Å². The zero-order chi connectivity index (χ0) is 14.9. The number of nitrogens with zero attached hydrogens (tertiary/aromatic N) is 1. The maximum atomic E-state index is 12.5. The minimum atomic E-state index is 0.0695. The average Bonchev–Trinajstić information content (AvgIpc) is 2.43. The summed E-state index contributed by atoms with van der Waals surface area (Å²) in [5.74, 6) is 0.770. The zero-order valence-electron chi connectivity index (χ0n) is 13.4. The number of hydrogen-bond donors (Lipinski definition) is 0. The fourth-order valence-electron chi connectivity index (χ4n) is 4.63. The second-order valence-electron chi connectivity index (χ2n) is 7.01. The lowest BCUT2D eigenvalue weighted by molar-refractivity contribution is -0.118. The molecular weight excluding hydrogens is 258 g/mol. The van der Waals surface area contributed by atoms with E-state index in [4.69, 9.17) is 0 Å². The largest absolute Gasteiger partial charge is 0.306 e. The Kier molecular flexibility index (Phi) is 4.05. The molecule has 1 amide bonds. The Bertz CT molecular complexity index is 514. The van der Waals surface area contributed by atoms with Crippen molar-refractivity contribution in [2.24, 2.45) is 0 Å². The van der Waals surface area contributed by atoms with Gasteiger partial charge in [-0.25, -0.2) is 0 Å². The van der Waals surface area contributed by atoms with E-state index in [2.05, 4.69) is 36.1 Å². The van der Waals surface area contributed by atoms with Gasteiger partial charge in [0.1, 0.15) is 0 Å². The summed E-state index contributed by atoms with van der Waals surface area (Å²) in [6.45, 7) is 4.07. The van der Waals surface area contributed by atoms with Crippen LogP contribution in [-0.2, 0) is 4.79 Å². The van der Waals surface area contributed by atoms with Crippen molar-refractivity contribution in [2.75, 3.05) is 4.90 Å². The number of carbonyl (C=O) groups excluding carboxylic acids is 1. The van der Waals surface area contributed by atoms with Gasteiger partial charge in [-0.05, 0) is 36.8 Å². The Balaban J connectivity index is 2.05. The zero-order valence-corrected chi connectivity index (χ0v) is 13.4. The van der Waals surface area contributed by atoms with E-state index >= 15 is 0 Å². The van der Waals surface area contributed by atoms with Crippen LogP contribution >= 0.6 is 0 Å². The van der Waals surface area contributed by atoms with Crippen LogP contribution in [-0.4, -0.2) is 11.4 Å². The molecule has 1 fully saturated rings. The number of benzene rings is 1. The summed E-state index contributed by atoms with van der Waals surface area (Å²) in [5, 5.41) is 0. The molecule has 1 spiro atoms. The molecule has 1 atom stereocenters. The highest BCUT2D eigenvalue weighted by molar-refractivity contribution is 5.94. The molecule has 1 heterocycles. The van der Waals surface area contributed by atoms with Crippen molar-refractivity contribution in [3.05, 3.63) is 29.8 Å². The molecule has 0 radical (unpaired) electrons. The van der Waals surface area contributed by atoms with Crippen molar-refractivity contribution < 1.29 is 4.79 Å². The number of fused-ring (bicyclic) bond motifs is 1. The Labute approximate surface area is 128 Å². The standard InChI is InChI=1S/C19H27NO/c1-15-14-19(12-8-4-3-5-9-13-19)20(16(2)21)18-11-7-6-10-17(15)18/h6-7,10-11,15H,3-5,8-9,12-14H2,1-2H3. The van der Waals surface area contributed by atoms with Crippen LogP contribution in [0.1, 0.15) is 76.7 Å². The van der Waals surface area contributed by atoms with Crippen molar-refractivity contribution in [3.63, 3.8) is 0 Å². The summed E-state index contributed by atoms with van der Waals surface area (Å²) in [6, 6.07) is 8.52. The molecule has 3 rings (SSSR count). The van der Waals surface area contributed by atoms with E-state index in [-0.39, 0.29) is 11.4 Å². The van der Waals surface area contributed by atoms with Crippen LogP contribution in [0, 0.1) is 0 Å². The van der Waals surface area contributed by atoms with E-state index in [1.54, 1.807) is 6.92 Å². The Morgan fingerprint density at radius 3 is 2.38 bits per heavy atom. The summed E-state index contributed by atoms with van der Waals surface area (Å²) < 4.78 is 0. The van der Waals surface area contributed by atoms with Crippen LogP contribution in [0.3, 0.4) is 0 Å². The molecular formula is C19H27NO. The molecule has 114 valence electrons. The van der Waals surface area contributed by atoms with Crippen LogP contribution in [0.25, 0.3) is 0 Å². The van der Waals surface area contributed by atoms with E-state index in [1.165, 1.54) is 56.2 Å². The summed E-state index contributed by atoms with van der Waals surface area (Å²) >= 11 is 0. The third-order valence-corrected chi connectivity index (χ3v) is 5.47. The van der Waals surface area contributed by atoms with Crippen LogP contribution in [0.5, 0.6) is 0 Å². The number of amides is 1. The van der Waals surface area contributed by atoms with E-state index < -0.39 is 0 Å². The van der Waals surface area contributed by atoms with Gasteiger partial charge in [-0.2, -0.15) is 0 Å². The Hall–Kier alpha value is -1.31. The smallest absolute Gasteiger partial charge is 0.224 e. The Morgan fingerprint density at radius 1 is 1.10 bits per heavy atom. The molecule has 1 unspecified atom stereocenters. The van der Waals surface area contributed by atoms with Crippen molar-refractivity contribution in [3.8, 4) is 0 Å². The highest BCUT2D eigenvalue weighted by Gasteiger charge is 2.44. The lowest BCUT2D eigenvalue weighted by atomic mass is 9.71. The third kappa shape index (κ3) is 2.61. The van der Waals surface area contributed by atoms with Gasteiger partial charge < -0.3 is 4.90 Å². The van der Waals surface area contributed by atoms with Gasteiger partial charge in [0.15, 0.2) is 0 Å².